The van der Waals surface area contributed by atoms with Gasteiger partial charge >= 0.3 is 7.69 Å². The first-order chi connectivity index (χ1) is 11.3. The Labute approximate surface area is 136 Å². The van der Waals surface area contributed by atoms with E-state index in [9.17, 15) is 0 Å². The highest BCUT2D eigenvalue weighted by Crippen LogP contribution is 2.31. The molecule has 0 bridgehead atoms. The average molecular weight is 299 g/mol. The Bertz CT molecular complexity index is 920. The minimum Gasteiger partial charge on any atom is -0.429 e. The molecular formula is C20H16BO2. The van der Waals surface area contributed by atoms with Crippen LogP contribution in [0.25, 0.3) is 32.7 Å². The topological polar surface area (TPSA) is 40.5 Å². The molecule has 0 saturated carbocycles. The zero-order valence-electron chi connectivity index (χ0n) is 12.6. The first-order valence-corrected chi connectivity index (χ1v) is 7.40. The molecule has 0 aliphatic rings. The highest BCUT2D eigenvalue weighted by Gasteiger charge is 2.04. The van der Waals surface area contributed by atoms with Gasteiger partial charge in [-0.25, -0.2) is 0 Å². The van der Waals surface area contributed by atoms with Crippen molar-refractivity contribution in [1.29, 1.82) is 0 Å². The molecule has 4 aromatic rings. The van der Waals surface area contributed by atoms with Crippen molar-refractivity contribution in [1.82, 2.24) is 0 Å². The zero-order chi connectivity index (χ0) is 16.1. The minimum atomic E-state index is 0. The summed E-state index contributed by atoms with van der Waals surface area (Å²) in [4.78, 5) is 0. The lowest BCUT2D eigenvalue weighted by Gasteiger charge is -2.08. The Morgan fingerprint density at radius 3 is 1.83 bits per heavy atom. The smallest absolute Gasteiger partial charge is 0.429 e. The second kappa shape index (κ2) is 7.10. The molecular weight excluding hydrogens is 283 g/mol. The molecule has 0 spiro atoms. The monoisotopic (exact) mass is 299 g/mol. The van der Waals surface area contributed by atoms with Crippen LogP contribution < -0.4 is 0 Å². The van der Waals surface area contributed by atoms with Crippen LogP contribution >= 0.6 is 0 Å². The number of hydrogen-bond donors (Lipinski definition) is 2. The van der Waals surface area contributed by atoms with E-state index in [1.807, 2.05) is 0 Å². The summed E-state index contributed by atoms with van der Waals surface area (Å²) >= 11 is 0. The fraction of sp³-hybridized carbons (Fsp3) is 0. The number of benzene rings is 4. The van der Waals surface area contributed by atoms with Gasteiger partial charge in [0.15, 0.2) is 0 Å². The van der Waals surface area contributed by atoms with E-state index >= 15 is 0 Å². The van der Waals surface area contributed by atoms with Gasteiger partial charge in [0, 0.05) is 0 Å². The van der Waals surface area contributed by atoms with Crippen LogP contribution in [0.3, 0.4) is 0 Å². The molecule has 111 valence electrons. The van der Waals surface area contributed by atoms with Crippen LogP contribution in [0.5, 0.6) is 0 Å². The molecule has 0 aliphatic carbocycles. The Morgan fingerprint density at radius 1 is 0.565 bits per heavy atom. The van der Waals surface area contributed by atoms with Crippen LogP contribution in [-0.4, -0.2) is 17.7 Å². The van der Waals surface area contributed by atoms with Crippen LogP contribution in [0, 0.1) is 0 Å². The predicted molar refractivity (Wildman–Crippen MR) is 97.1 cm³/mol. The summed E-state index contributed by atoms with van der Waals surface area (Å²) < 4.78 is 0. The highest BCUT2D eigenvalue weighted by molar-refractivity contribution is 6.13. The van der Waals surface area contributed by atoms with E-state index in [2.05, 4.69) is 84.9 Å². The van der Waals surface area contributed by atoms with Crippen molar-refractivity contribution in [3.05, 3.63) is 84.9 Å². The van der Waals surface area contributed by atoms with Crippen molar-refractivity contribution in [2.24, 2.45) is 0 Å². The minimum absolute atomic E-state index is 0. The van der Waals surface area contributed by atoms with Crippen molar-refractivity contribution >= 4 is 29.2 Å². The molecule has 4 rings (SSSR count). The lowest BCUT2D eigenvalue weighted by atomic mass is 9.96. The first kappa shape index (κ1) is 15.3. The van der Waals surface area contributed by atoms with Gasteiger partial charge in [-0.1, -0.05) is 72.8 Å². The summed E-state index contributed by atoms with van der Waals surface area (Å²) in [5, 5.41) is 19.2. The van der Waals surface area contributed by atoms with Gasteiger partial charge in [0.2, 0.25) is 0 Å². The number of hydrogen-bond acceptors (Lipinski definition) is 2. The average Bonchev–Trinajstić information content (AvgIpc) is 2.61. The maximum Gasteiger partial charge on any atom is 0.482 e. The third-order valence-corrected chi connectivity index (χ3v) is 3.83. The molecule has 3 heteroatoms. The summed E-state index contributed by atoms with van der Waals surface area (Å²) in [5.74, 6) is 0. The van der Waals surface area contributed by atoms with Gasteiger partial charge < -0.3 is 10.0 Å². The second-order valence-corrected chi connectivity index (χ2v) is 5.21. The zero-order valence-corrected chi connectivity index (χ0v) is 12.6. The molecule has 2 nitrogen and oxygen atoms in total. The Kier molecular flexibility index (Phi) is 4.72. The molecule has 0 amide bonds. The van der Waals surface area contributed by atoms with Crippen LogP contribution in [0.4, 0.5) is 0 Å². The van der Waals surface area contributed by atoms with E-state index in [-0.39, 0.29) is 7.69 Å². The van der Waals surface area contributed by atoms with E-state index in [4.69, 9.17) is 10.0 Å². The highest BCUT2D eigenvalue weighted by atomic mass is 16.4. The van der Waals surface area contributed by atoms with E-state index in [1.54, 1.807) is 0 Å². The second-order valence-electron chi connectivity index (χ2n) is 5.21. The van der Waals surface area contributed by atoms with Gasteiger partial charge in [-0.3, -0.25) is 0 Å². The maximum atomic E-state index is 7.00. The Hall–Kier alpha value is -2.62. The van der Waals surface area contributed by atoms with Gasteiger partial charge in [-0.05, 0) is 44.8 Å². The lowest BCUT2D eigenvalue weighted by Crippen LogP contribution is -1.82. The molecule has 0 unspecified atom stereocenters. The van der Waals surface area contributed by atoms with Crippen LogP contribution in [-0.2, 0) is 0 Å². The first-order valence-electron chi connectivity index (χ1n) is 7.40. The third-order valence-electron chi connectivity index (χ3n) is 3.83. The van der Waals surface area contributed by atoms with Crippen LogP contribution in [0.1, 0.15) is 0 Å². The molecule has 4 aromatic carbocycles. The van der Waals surface area contributed by atoms with Gasteiger partial charge in [0.25, 0.3) is 0 Å². The van der Waals surface area contributed by atoms with Crippen LogP contribution in [0.15, 0.2) is 84.9 Å². The number of rotatable bonds is 1. The number of fused-ring (bicyclic) bond motifs is 2. The molecule has 0 saturated heterocycles. The van der Waals surface area contributed by atoms with Gasteiger partial charge in [-0.15, -0.1) is 0 Å². The molecule has 0 atom stereocenters. The van der Waals surface area contributed by atoms with E-state index < -0.39 is 0 Å². The van der Waals surface area contributed by atoms with Gasteiger partial charge in [0.1, 0.15) is 0 Å². The third kappa shape index (κ3) is 3.26. The van der Waals surface area contributed by atoms with Gasteiger partial charge in [0.05, 0.1) is 0 Å². The van der Waals surface area contributed by atoms with E-state index in [0.29, 0.717) is 0 Å². The molecule has 0 heterocycles. The molecule has 1 radical (unpaired) electrons. The SMILES string of the molecule is O[B]O.c1ccc(-c2cccc3cc4ccccc4cc23)cc1. The van der Waals surface area contributed by atoms with E-state index in [0.717, 1.165) is 0 Å². The largest absolute Gasteiger partial charge is 0.482 e. The standard InChI is InChI=1S/C20H14.BH2O2/c1-2-7-15(8-3-1)19-12-6-11-18-13-16-9-4-5-10-17(16)14-20(18)19;2-1-3/h1-14H;2-3H. The van der Waals surface area contributed by atoms with Crippen molar-refractivity contribution in [2.45, 2.75) is 0 Å². The molecule has 0 aliphatic heterocycles. The van der Waals surface area contributed by atoms with Gasteiger partial charge in [-0.2, -0.15) is 0 Å². The van der Waals surface area contributed by atoms with Crippen molar-refractivity contribution in [3.63, 3.8) is 0 Å². The lowest BCUT2D eigenvalue weighted by molar-refractivity contribution is 0.448. The van der Waals surface area contributed by atoms with Crippen molar-refractivity contribution < 1.29 is 10.0 Å². The summed E-state index contributed by atoms with van der Waals surface area (Å²) in [6, 6.07) is 30.2. The maximum absolute atomic E-state index is 7.00. The summed E-state index contributed by atoms with van der Waals surface area (Å²) in [6.07, 6.45) is 0. The molecule has 0 aromatic heterocycles. The van der Waals surface area contributed by atoms with Crippen molar-refractivity contribution in [2.75, 3.05) is 0 Å². The Balaban J connectivity index is 0.000000485. The fourth-order valence-electron chi connectivity index (χ4n) is 2.84. The summed E-state index contributed by atoms with van der Waals surface area (Å²) in [6.45, 7) is 0. The molecule has 2 N–H and O–H groups in total. The Morgan fingerprint density at radius 2 is 1.13 bits per heavy atom. The summed E-state index contributed by atoms with van der Waals surface area (Å²) in [5.41, 5.74) is 2.57. The van der Waals surface area contributed by atoms with Crippen LogP contribution in [0.2, 0.25) is 0 Å². The predicted octanol–water partition coefficient (Wildman–Crippen LogP) is 4.17. The normalized spacial score (nSPS) is 10.2. The summed E-state index contributed by atoms with van der Waals surface area (Å²) in [7, 11) is 0. The van der Waals surface area contributed by atoms with E-state index in [1.165, 1.54) is 32.7 Å². The molecule has 23 heavy (non-hydrogen) atoms. The quantitative estimate of drug-likeness (QED) is 0.409. The van der Waals surface area contributed by atoms with Crippen molar-refractivity contribution in [3.8, 4) is 11.1 Å². The molecule has 0 fully saturated rings. The fourth-order valence-corrected chi connectivity index (χ4v) is 2.84.